The minimum atomic E-state index is -4.97. The van der Waals surface area contributed by atoms with Gasteiger partial charge >= 0.3 is 39.5 Å². The Bertz CT molecular complexity index is 2170. The number of aliphatic hydroxyl groups is 1. The highest BCUT2D eigenvalue weighted by molar-refractivity contribution is 7.47. The molecule has 0 radical (unpaired) electrons. The fourth-order valence-electron chi connectivity index (χ4n) is 14.7. The molecule has 19 heteroatoms. The molecule has 672 valence electrons. The summed E-state index contributed by atoms with van der Waals surface area (Å²) in [4.78, 5) is 73.5. The van der Waals surface area contributed by atoms with Crippen molar-refractivity contribution in [1.82, 2.24) is 0 Å². The Labute approximate surface area is 696 Å². The van der Waals surface area contributed by atoms with Gasteiger partial charge in [-0.2, -0.15) is 0 Å². The first-order valence-electron chi connectivity index (χ1n) is 48.4. The number of phosphoric ester groups is 2. The molecule has 113 heavy (non-hydrogen) atoms. The number of phosphoric acid groups is 2. The Morgan fingerprint density at radius 3 is 0.673 bits per heavy atom. The van der Waals surface area contributed by atoms with E-state index < -0.39 is 97.5 Å². The largest absolute Gasteiger partial charge is 0.472 e. The van der Waals surface area contributed by atoms with E-state index in [1.54, 1.807) is 0 Å². The van der Waals surface area contributed by atoms with Crippen molar-refractivity contribution in [1.29, 1.82) is 0 Å². The van der Waals surface area contributed by atoms with E-state index in [1.165, 1.54) is 315 Å². The molecule has 0 aliphatic rings. The van der Waals surface area contributed by atoms with Crippen LogP contribution in [0.3, 0.4) is 0 Å². The number of rotatable bonds is 92. The Morgan fingerprint density at radius 1 is 0.257 bits per heavy atom. The highest BCUT2D eigenvalue weighted by Gasteiger charge is 2.31. The first-order valence-corrected chi connectivity index (χ1v) is 51.4. The lowest BCUT2D eigenvalue weighted by Crippen LogP contribution is -2.30. The summed E-state index contributed by atoms with van der Waals surface area (Å²) in [5.74, 6) is 0.350. The van der Waals surface area contributed by atoms with Gasteiger partial charge in [0.15, 0.2) is 12.2 Å². The molecule has 7 atom stereocenters. The van der Waals surface area contributed by atoms with Crippen LogP contribution in [-0.4, -0.2) is 96.7 Å². The summed E-state index contributed by atoms with van der Waals surface area (Å²) < 4.78 is 69.2. The number of unbranched alkanes of at least 4 members (excludes halogenated alkanes) is 58. The Kier molecular flexibility index (Phi) is 82.3. The number of esters is 4. The molecule has 4 unspecified atom stereocenters. The molecule has 0 aliphatic heterocycles. The van der Waals surface area contributed by atoms with Gasteiger partial charge in [-0.05, 0) is 43.4 Å². The van der Waals surface area contributed by atoms with E-state index >= 15 is 0 Å². The van der Waals surface area contributed by atoms with E-state index in [-0.39, 0.29) is 25.7 Å². The molecule has 0 saturated carbocycles. The van der Waals surface area contributed by atoms with E-state index in [0.717, 1.165) is 108 Å². The summed E-state index contributed by atoms with van der Waals surface area (Å²) >= 11 is 0. The van der Waals surface area contributed by atoms with Crippen LogP contribution in [0.15, 0.2) is 0 Å². The van der Waals surface area contributed by atoms with Gasteiger partial charge in [-0.15, -0.1) is 0 Å². The average Bonchev–Trinajstić information content (AvgIpc) is 0.898. The molecule has 0 aliphatic carbocycles. The number of aliphatic hydroxyl groups excluding tert-OH is 1. The lowest BCUT2D eigenvalue weighted by Gasteiger charge is -2.21. The van der Waals surface area contributed by atoms with Crippen LogP contribution >= 0.6 is 15.6 Å². The van der Waals surface area contributed by atoms with Crippen LogP contribution in [0.25, 0.3) is 0 Å². The maximum absolute atomic E-state index is 13.2. The summed E-state index contributed by atoms with van der Waals surface area (Å²) in [5.41, 5.74) is 0. The van der Waals surface area contributed by atoms with Crippen molar-refractivity contribution in [2.45, 2.75) is 523 Å². The minimum Gasteiger partial charge on any atom is -0.462 e. The molecule has 0 saturated heterocycles. The van der Waals surface area contributed by atoms with Gasteiger partial charge in [0.05, 0.1) is 26.4 Å². The van der Waals surface area contributed by atoms with Gasteiger partial charge in [-0.1, -0.05) is 453 Å². The number of hydrogen-bond acceptors (Lipinski definition) is 15. The molecule has 0 heterocycles. The van der Waals surface area contributed by atoms with Crippen LogP contribution in [0.1, 0.15) is 504 Å². The third kappa shape index (κ3) is 84.9. The van der Waals surface area contributed by atoms with Crippen molar-refractivity contribution in [3.63, 3.8) is 0 Å². The van der Waals surface area contributed by atoms with Gasteiger partial charge in [-0.3, -0.25) is 37.3 Å². The highest BCUT2D eigenvalue weighted by Crippen LogP contribution is 2.45. The van der Waals surface area contributed by atoms with Crippen molar-refractivity contribution in [3.05, 3.63) is 0 Å². The maximum atomic E-state index is 13.2. The molecule has 0 aromatic carbocycles. The zero-order valence-corrected chi connectivity index (χ0v) is 76.7. The first-order chi connectivity index (χ1) is 54.8. The molecule has 0 rings (SSSR count). The zero-order valence-electron chi connectivity index (χ0n) is 74.9. The van der Waals surface area contributed by atoms with Crippen molar-refractivity contribution in [2.24, 2.45) is 17.8 Å². The minimum absolute atomic E-state index is 0.107. The molecule has 3 N–H and O–H groups in total. The molecule has 0 amide bonds. The molecular weight excluding hydrogens is 1460 g/mol. The Morgan fingerprint density at radius 2 is 0.451 bits per heavy atom. The molecule has 0 fully saturated rings. The number of ether oxygens (including phenoxy) is 4. The third-order valence-electron chi connectivity index (χ3n) is 22.9. The monoisotopic (exact) mass is 1650 g/mol. The molecule has 0 spiro atoms. The molecule has 0 bridgehead atoms. The quantitative estimate of drug-likeness (QED) is 0.0222. The lowest BCUT2D eigenvalue weighted by atomic mass is 9.99. The van der Waals surface area contributed by atoms with E-state index in [2.05, 4.69) is 48.5 Å². The van der Waals surface area contributed by atoms with Crippen molar-refractivity contribution >= 4 is 39.5 Å². The normalized spacial score (nSPS) is 14.2. The van der Waals surface area contributed by atoms with Gasteiger partial charge in [0.1, 0.15) is 19.3 Å². The summed E-state index contributed by atoms with van der Waals surface area (Å²) in [6.45, 7) is 12.1. The molecule has 17 nitrogen and oxygen atoms in total. The van der Waals surface area contributed by atoms with Crippen molar-refractivity contribution < 1.29 is 80.2 Å². The van der Waals surface area contributed by atoms with Crippen LogP contribution in [0.5, 0.6) is 0 Å². The van der Waals surface area contributed by atoms with E-state index in [9.17, 15) is 43.2 Å². The average molecular weight is 1650 g/mol. The highest BCUT2D eigenvalue weighted by atomic mass is 31.2. The first kappa shape index (κ1) is 111. The van der Waals surface area contributed by atoms with Gasteiger partial charge < -0.3 is 33.8 Å². The van der Waals surface area contributed by atoms with Crippen LogP contribution in [-0.2, 0) is 65.4 Å². The fourth-order valence-corrected chi connectivity index (χ4v) is 16.3. The second kappa shape index (κ2) is 83.7. The number of hydrogen-bond donors (Lipinski definition) is 3. The van der Waals surface area contributed by atoms with Crippen LogP contribution in [0, 0.1) is 17.8 Å². The van der Waals surface area contributed by atoms with E-state index in [1.807, 2.05) is 0 Å². The summed E-state index contributed by atoms with van der Waals surface area (Å²) in [5, 5.41) is 10.7. The molecule has 0 aromatic heterocycles. The predicted octanol–water partition coefficient (Wildman–Crippen LogP) is 29.2. The summed E-state index contributed by atoms with van der Waals surface area (Å²) in [6, 6.07) is 0. The smallest absolute Gasteiger partial charge is 0.462 e. The Hall–Kier alpha value is -1.94. The maximum Gasteiger partial charge on any atom is 0.472 e. The lowest BCUT2D eigenvalue weighted by molar-refractivity contribution is -0.161. The summed E-state index contributed by atoms with van der Waals surface area (Å²) in [6.07, 6.45) is 77.8. The topological polar surface area (TPSA) is 237 Å². The second-order valence-corrected chi connectivity index (χ2v) is 37.6. The second-order valence-electron chi connectivity index (χ2n) is 34.7. The number of carbonyl (C=O) groups is 4. The predicted molar refractivity (Wildman–Crippen MR) is 469 cm³/mol. The van der Waals surface area contributed by atoms with Crippen LogP contribution in [0.2, 0.25) is 0 Å². The summed E-state index contributed by atoms with van der Waals surface area (Å²) in [7, 11) is -9.94. The molecule has 0 aromatic rings. The van der Waals surface area contributed by atoms with E-state index in [0.29, 0.717) is 25.7 Å². The fraction of sp³-hybridized carbons (Fsp3) is 0.957. The number of carbonyl (C=O) groups excluding carboxylic acids is 4. The molecular formula is C94H184O17P2. The van der Waals surface area contributed by atoms with Gasteiger partial charge in [0.2, 0.25) is 0 Å². The third-order valence-corrected chi connectivity index (χ3v) is 24.8. The van der Waals surface area contributed by atoms with Gasteiger partial charge in [0, 0.05) is 25.7 Å². The van der Waals surface area contributed by atoms with Gasteiger partial charge in [-0.25, -0.2) is 9.13 Å². The van der Waals surface area contributed by atoms with Crippen molar-refractivity contribution in [2.75, 3.05) is 39.6 Å². The van der Waals surface area contributed by atoms with Crippen molar-refractivity contribution in [3.8, 4) is 0 Å². The standard InChI is InChI=1S/C94H184O17P2/c1-8-11-12-13-14-15-16-17-18-19-20-21-22-23-28-31-37-42-47-56-63-70-77-93(98)110-89(81-104-91(96)75-68-61-54-46-41-36-30-27-25-24-26-29-34-39-44-51-58-65-72-85(4)5)83-108-112(100,101)106-79-88(95)80-107-113(102,103)109-84-90(82-105-92(97)76-69-62-55-50-49-53-60-67-74-87(7)10-3)111-94(99)78-71-64-57-48-43-38-33-32-35-40-45-52-59-66-73-86(6)9-2/h85-90,95H,8-84H2,1-7H3,(H,100,101)(H,102,103)/t86?,87?,88-,89-,90-/m1/s1. The van der Waals surface area contributed by atoms with Crippen LogP contribution in [0.4, 0.5) is 0 Å². The SMILES string of the molecule is CCCCCCCCCCCCCCCCCCCCCCCCC(=O)O[C@H](COC(=O)CCCCCCCCCCCCCCCCCCCCC(C)C)COP(=O)(O)OC[C@@H](O)COP(=O)(O)OC[C@@H](COC(=O)CCCCCCCCCCC(C)CC)OC(=O)CCCCCCCCCCCCCCCCC(C)CC. The zero-order chi connectivity index (χ0) is 82.9. The van der Waals surface area contributed by atoms with E-state index in [4.69, 9.17) is 37.0 Å². The van der Waals surface area contributed by atoms with Crippen LogP contribution < -0.4 is 0 Å². The van der Waals surface area contributed by atoms with Gasteiger partial charge in [0.25, 0.3) is 0 Å². The Balaban J connectivity index is 5.25.